The van der Waals surface area contributed by atoms with Crippen LogP contribution in [0.5, 0.6) is 0 Å². The van der Waals surface area contributed by atoms with Crippen molar-refractivity contribution in [3.63, 3.8) is 0 Å². The summed E-state index contributed by atoms with van der Waals surface area (Å²) < 4.78 is 10.8. The molecule has 1 aromatic carbocycles. The van der Waals surface area contributed by atoms with Crippen LogP contribution in [0.4, 0.5) is 10.7 Å². The number of methoxy groups -OCH3 is 1. The number of benzene rings is 1. The maximum Gasteiger partial charge on any atom is 0.410 e. The number of amides is 1. The van der Waals surface area contributed by atoms with E-state index in [1.165, 1.54) is 19.5 Å². The fraction of sp³-hybridized carbons (Fsp3) is 0.520. The molecule has 2 aliphatic rings. The highest BCUT2D eigenvalue weighted by atomic mass is 16.6. The van der Waals surface area contributed by atoms with Gasteiger partial charge in [0.1, 0.15) is 5.60 Å². The normalized spacial score (nSPS) is 23.4. The van der Waals surface area contributed by atoms with Crippen LogP contribution in [0.3, 0.4) is 0 Å². The second-order valence-corrected chi connectivity index (χ2v) is 9.67. The number of carbonyl (C=O) groups is 2. The topological polar surface area (TPSA) is 105 Å². The molecule has 0 saturated carbocycles. The van der Waals surface area contributed by atoms with E-state index in [-0.39, 0.29) is 12.1 Å². The number of anilines is 1. The van der Waals surface area contributed by atoms with Gasteiger partial charge in [-0.3, -0.25) is 0 Å². The molecule has 2 unspecified atom stereocenters. The first kappa shape index (κ1) is 23.9. The smallest absolute Gasteiger partial charge is 0.410 e. The minimum Gasteiger partial charge on any atom is -0.465 e. The predicted molar refractivity (Wildman–Crippen MR) is 125 cm³/mol. The first-order chi connectivity index (χ1) is 16.2. The summed E-state index contributed by atoms with van der Waals surface area (Å²) in [6, 6.07) is 9.63. The van der Waals surface area contributed by atoms with Gasteiger partial charge in [0.25, 0.3) is 0 Å². The van der Waals surface area contributed by atoms with Gasteiger partial charge in [0.05, 0.1) is 24.3 Å². The maximum absolute atomic E-state index is 13.3. The van der Waals surface area contributed by atoms with Crippen molar-refractivity contribution in [1.29, 1.82) is 0 Å². The molecule has 0 spiro atoms. The summed E-state index contributed by atoms with van der Waals surface area (Å²) >= 11 is 0. The molecule has 2 saturated heterocycles. The number of esters is 1. The summed E-state index contributed by atoms with van der Waals surface area (Å²) in [4.78, 5) is 37.4. The molecule has 2 atom stereocenters. The van der Waals surface area contributed by atoms with Gasteiger partial charge in [-0.2, -0.15) is 0 Å². The Morgan fingerprint density at radius 3 is 2.56 bits per heavy atom. The lowest BCUT2D eigenvalue weighted by molar-refractivity contribution is -0.102. The zero-order chi connectivity index (χ0) is 24.3. The molecule has 182 valence electrons. The number of rotatable bonds is 6. The second kappa shape index (κ2) is 9.58. The first-order valence-corrected chi connectivity index (χ1v) is 11.6. The number of piperidine rings is 1. The lowest BCUT2D eigenvalue weighted by Crippen LogP contribution is -2.57. The number of hydrogen-bond acceptors (Lipinski definition) is 8. The van der Waals surface area contributed by atoms with Gasteiger partial charge in [0.15, 0.2) is 0 Å². The van der Waals surface area contributed by atoms with Crippen LogP contribution >= 0.6 is 0 Å². The van der Waals surface area contributed by atoms with Gasteiger partial charge < -0.3 is 24.4 Å². The lowest BCUT2D eigenvalue weighted by atomic mass is 9.80. The quantitative estimate of drug-likeness (QED) is 0.645. The minimum atomic E-state index is -0.992. The Labute approximate surface area is 199 Å². The fourth-order valence-corrected chi connectivity index (χ4v) is 4.97. The molecule has 0 bridgehead atoms. The second-order valence-electron chi connectivity index (χ2n) is 9.67. The SMILES string of the molecule is COC(=O)c1cnc(N2CCCC(N3CCC(CC(C)(C)O)(c4ccccc4)OC3=O)C2)nc1. The molecule has 0 radical (unpaired) electrons. The zero-order valence-electron chi connectivity index (χ0n) is 19.9. The molecular formula is C25H32N4O5. The molecule has 2 aromatic rings. The largest absolute Gasteiger partial charge is 0.465 e. The summed E-state index contributed by atoms with van der Waals surface area (Å²) in [6.07, 6.45) is 5.19. The van der Waals surface area contributed by atoms with Crippen molar-refractivity contribution in [3.05, 3.63) is 53.9 Å². The van der Waals surface area contributed by atoms with E-state index in [4.69, 9.17) is 9.47 Å². The van der Waals surface area contributed by atoms with Crippen molar-refractivity contribution in [2.24, 2.45) is 0 Å². The standard InChI is InChI=1S/C25H32N4O5/c1-24(2,32)17-25(19-8-5-4-6-9-19)11-13-29(23(31)34-25)20-10-7-12-28(16-20)22-26-14-18(15-27-22)21(30)33-3/h4-6,8-9,14-15,20,32H,7,10-13,16-17H2,1-3H3. The molecule has 1 aromatic heterocycles. The van der Waals surface area contributed by atoms with Crippen LogP contribution in [-0.4, -0.2) is 70.4 Å². The van der Waals surface area contributed by atoms with Crippen LogP contribution in [-0.2, 0) is 15.1 Å². The highest BCUT2D eigenvalue weighted by Gasteiger charge is 2.47. The van der Waals surface area contributed by atoms with E-state index in [9.17, 15) is 14.7 Å². The van der Waals surface area contributed by atoms with Gasteiger partial charge in [0.2, 0.25) is 5.95 Å². The number of hydrogen-bond donors (Lipinski definition) is 1. The van der Waals surface area contributed by atoms with Gasteiger partial charge in [-0.05, 0) is 32.3 Å². The third-order valence-electron chi connectivity index (χ3n) is 6.47. The summed E-state index contributed by atoms with van der Waals surface area (Å²) in [5, 5.41) is 10.6. The zero-order valence-corrected chi connectivity index (χ0v) is 19.9. The van der Waals surface area contributed by atoms with E-state index < -0.39 is 17.2 Å². The molecule has 1 amide bonds. The highest BCUT2D eigenvalue weighted by molar-refractivity contribution is 5.88. The lowest BCUT2D eigenvalue weighted by Gasteiger charge is -2.47. The minimum absolute atomic E-state index is 0.0407. The number of cyclic esters (lactones) is 1. The van der Waals surface area contributed by atoms with E-state index in [0.717, 1.165) is 24.9 Å². The van der Waals surface area contributed by atoms with E-state index in [0.29, 0.717) is 37.4 Å². The molecule has 0 aliphatic carbocycles. The van der Waals surface area contributed by atoms with Gasteiger partial charge in [0, 0.05) is 44.9 Å². The number of carbonyl (C=O) groups excluding carboxylic acids is 2. The molecular weight excluding hydrogens is 436 g/mol. The van der Waals surface area contributed by atoms with Gasteiger partial charge in [-0.15, -0.1) is 0 Å². The summed E-state index contributed by atoms with van der Waals surface area (Å²) in [5.74, 6) is 0.0375. The summed E-state index contributed by atoms with van der Waals surface area (Å²) in [7, 11) is 1.32. The Bertz CT molecular complexity index is 1010. The van der Waals surface area contributed by atoms with Gasteiger partial charge in [-0.1, -0.05) is 30.3 Å². The molecule has 4 rings (SSSR count). The monoisotopic (exact) mass is 468 g/mol. The van der Waals surface area contributed by atoms with Crippen LogP contribution in [0.2, 0.25) is 0 Å². The fourth-order valence-electron chi connectivity index (χ4n) is 4.97. The van der Waals surface area contributed by atoms with Crippen molar-refractivity contribution >= 4 is 18.0 Å². The number of aromatic nitrogens is 2. The van der Waals surface area contributed by atoms with E-state index in [1.54, 1.807) is 18.7 Å². The third kappa shape index (κ3) is 5.14. The molecule has 3 heterocycles. The number of ether oxygens (including phenoxy) is 2. The average molecular weight is 469 g/mol. The van der Waals surface area contributed by atoms with Crippen LogP contribution in [0.15, 0.2) is 42.7 Å². The Morgan fingerprint density at radius 1 is 1.24 bits per heavy atom. The van der Waals surface area contributed by atoms with Crippen molar-refractivity contribution in [2.75, 3.05) is 31.6 Å². The molecule has 9 nitrogen and oxygen atoms in total. The Hall–Kier alpha value is -3.20. The van der Waals surface area contributed by atoms with E-state index >= 15 is 0 Å². The Morgan fingerprint density at radius 2 is 1.94 bits per heavy atom. The van der Waals surface area contributed by atoms with Crippen LogP contribution < -0.4 is 4.90 Å². The van der Waals surface area contributed by atoms with Crippen LogP contribution in [0.25, 0.3) is 0 Å². The number of aliphatic hydroxyl groups is 1. The maximum atomic E-state index is 13.3. The Balaban J connectivity index is 1.48. The van der Waals surface area contributed by atoms with Gasteiger partial charge in [-0.25, -0.2) is 19.6 Å². The molecule has 34 heavy (non-hydrogen) atoms. The van der Waals surface area contributed by atoms with E-state index in [2.05, 4.69) is 9.97 Å². The van der Waals surface area contributed by atoms with Crippen molar-refractivity contribution in [3.8, 4) is 0 Å². The van der Waals surface area contributed by atoms with Crippen molar-refractivity contribution < 1.29 is 24.2 Å². The molecule has 1 N–H and O–H groups in total. The average Bonchev–Trinajstić information content (AvgIpc) is 2.83. The van der Waals surface area contributed by atoms with Crippen molar-refractivity contribution in [1.82, 2.24) is 14.9 Å². The van der Waals surface area contributed by atoms with Gasteiger partial charge >= 0.3 is 12.1 Å². The summed E-state index contributed by atoms with van der Waals surface area (Å²) in [5.41, 5.74) is -0.667. The molecule has 2 fully saturated rings. The third-order valence-corrected chi connectivity index (χ3v) is 6.47. The highest BCUT2D eigenvalue weighted by Crippen LogP contribution is 2.41. The summed E-state index contributed by atoms with van der Waals surface area (Å²) in [6.45, 7) is 5.36. The van der Waals surface area contributed by atoms with Crippen LogP contribution in [0.1, 0.15) is 55.5 Å². The Kier molecular flexibility index (Phi) is 6.74. The first-order valence-electron chi connectivity index (χ1n) is 11.6. The van der Waals surface area contributed by atoms with E-state index in [1.807, 2.05) is 35.2 Å². The van der Waals surface area contributed by atoms with Crippen LogP contribution in [0, 0.1) is 0 Å². The number of nitrogens with zero attached hydrogens (tertiary/aromatic N) is 4. The van der Waals surface area contributed by atoms with Crippen molar-refractivity contribution in [2.45, 2.75) is 56.8 Å². The predicted octanol–water partition coefficient (Wildman–Crippen LogP) is 3.13. The molecule has 2 aliphatic heterocycles. The molecule has 9 heteroatoms.